The summed E-state index contributed by atoms with van der Waals surface area (Å²) in [5.41, 5.74) is 5.54. The second kappa shape index (κ2) is 9.17. The number of hydrogen-bond donors (Lipinski definition) is 2. The van der Waals surface area contributed by atoms with Gasteiger partial charge in [0.25, 0.3) is 0 Å². The average Bonchev–Trinajstić information content (AvgIpc) is 3.03. The minimum Gasteiger partial charge on any atom is -0.444 e. The molecule has 3 N–H and O–H groups in total. The molecule has 0 radical (unpaired) electrons. The van der Waals surface area contributed by atoms with E-state index in [1.54, 1.807) is 43.9 Å². The average molecular weight is 379 g/mol. The minimum atomic E-state index is -0.657. The molecule has 2 unspecified atom stereocenters. The van der Waals surface area contributed by atoms with E-state index in [1.165, 1.54) is 6.07 Å². The summed E-state index contributed by atoms with van der Waals surface area (Å²) in [6.07, 6.45) is 1.47. The highest BCUT2D eigenvalue weighted by molar-refractivity contribution is 5.78. The van der Waals surface area contributed by atoms with Crippen LogP contribution in [0.15, 0.2) is 24.3 Å². The van der Waals surface area contributed by atoms with Crippen molar-refractivity contribution < 1.29 is 18.7 Å². The molecule has 0 spiro atoms. The molecule has 2 atom stereocenters. The molecular formula is C20H30FN3O3. The summed E-state index contributed by atoms with van der Waals surface area (Å²) < 4.78 is 19.4. The van der Waals surface area contributed by atoms with Gasteiger partial charge >= 0.3 is 6.09 Å². The lowest BCUT2D eigenvalue weighted by molar-refractivity contribution is -0.132. The normalized spacial score (nSPS) is 18.3. The highest BCUT2D eigenvalue weighted by atomic mass is 19.1. The number of halogens is 1. The molecule has 1 aliphatic heterocycles. The van der Waals surface area contributed by atoms with Crippen LogP contribution >= 0.6 is 0 Å². The number of nitrogens with one attached hydrogen (secondary N) is 1. The van der Waals surface area contributed by atoms with Crippen LogP contribution in [0.1, 0.15) is 45.6 Å². The third kappa shape index (κ3) is 6.50. The zero-order chi connectivity index (χ0) is 20.0. The summed E-state index contributed by atoms with van der Waals surface area (Å²) in [5.74, 6) is -0.442. The van der Waals surface area contributed by atoms with Gasteiger partial charge in [0.1, 0.15) is 11.4 Å². The van der Waals surface area contributed by atoms with Gasteiger partial charge in [0.15, 0.2) is 0 Å². The lowest BCUT2D eigenvalue weighted by Gasteiger charge is -2.27. The maximum atomic E-state index is 14.1. The number of amides is 2. The van der Waals surface area contributed by atoms with E-state index in [2.05, 4.69) is 5.32 Å². The summed E-state index contributed by atoms with van der Waals surface area (Å²) in [7, 11) is 0. The van der Waals surface area contributed by atoms with Gasteiger partial charge in [0.05, 0.1) is 0 Å². The molecule has 150 valence electrons. The molecule has 1 aliphatic rings. The maximum absolute atomic E-state index is 14.1. The highest BCUT2D eigenvalue weighted by Gasteiger charge is 2.30. The first-order valence-electron chi connectivity index (χ1n) is 9.42. The first-order valence-corrected chi connectivity index (χ1v) is 9.42. The summed E-state index contributed by atoms with van der Waals surface area (Å²) >= 11 is 0. The van der Waals surface area contributed by atoms with E-state index < -0.39 is 17.7 Å². The highest BCUT2D eigenvalue weighted by Crippen LogP contribution is 2.19. The molecular weight excluding hydrogens is 349 g/mol. The molecule has 0 saturated carbocycles. The molecule has 1 fully saturated rings. The molecule has 1 aromatic carbocycles. The molecule has 0 aromatic heterocycles. The van der Waals surface area contributed by atoms with E-state index >= 15 is 0 Å². The van der Waals surface area contributed by atoms with Gasteiger partial charge in [0, 0.05) is 31.6 Å². The molecule has 1 saturated heterocycles. The fourth-order valence-corrected chi connectivity index (χ4v) is 3.31. The Hall–Kier alpha value is -2.15. The van der Waals surface area contributed by atoms with Crippen molar-refractivity contribution in [3.05, 3.63) is 35.6 Å². The van der Waals surface area contributed by atoms with Crippen molar-refractivity contribution in [1.82, 2.24) is 10.2 Å². The van der Waals surface area contributed by atoms with Crippen LogP contribution in [0.25, 0.3) is 0 Å². The number of ether oxygens (including phenoxy) is 1. The van der Waals surface area contributed by atoms with Gasteiger partial charge in [-0.3, -0.25) is 4.79 Å². The third-order valence-electron chi connectivity index (χ3n) is 4.54. The summed E-state index contributed by atoms with van der Waals surface area (Å²) in [6, 6.07) is 5.83. The number of nitrogens with zero attached hydrogens (tertiary/aromatic N) is 1. The van der Waals surface area contributed by atoms with Crippen molar-refractivity contribution in [1.29, 1.82) is 0 Å². The van der Waals surface area contributed by atoms with Gasteiger partial charge in [-0.2, -0.15) is 0 Å². The second-order valence-electron chi connectivity index (χ2n) is 7.96. The number of carbonyl (C=O) groups excluding carboxylic acids is 2. The Morgan fingerprint density at radius 3 is 2.70 bits per heavy atom. The second-order valence-corrected chi connectivity index (χ2v) is 7.96. The quantitative estimate of drug-likeness (QED) is 0.796. The fraction of sp³-hybridized carbons (Fsp3) is 0.600. The number of benzene rings is 1. The van der Waals surface area contributed by atoms with Gasteiger partial charge in [-0.25, -0.2) is 9.18 Å². The van der Waals surface area contributed by atoms with Crippen molar-refractivity contribution in [2.45, 2.75) is 64.1 Å². The standard InChI is InChI=1S/C20H30FN3O3/c1-20(2,3)27-19(26)23-15(11-14-7-4-5-9-17(14)21)12-18(25)24-10-6-8-16(24)13-22/h4-5,7,9,15-16H,6,8,10-13,22H2,1-3H3,(H,23,26). The number of alkyl carbamates (subject to hydrolysis) is 1. The Kier molecular flexibility index (Phi) is 7.18. The van der Waals surface area contributed by atoms with Crippen LogP contribution in [0.5, 0.6) is 0 Å². The number of carbonyl (C=O) groups is 2. The minimum absolute atomic E-state index is 0.0353. The number of hydrogen-bond acceptors (Lipinski definition) is 4. The predicted octanol–water partition coefficient (Wildman–Crippen LogP) is 2.60. The van der Waals surface area contributed by atoms with E-state index in [0.717, 1.165) is 12.8 Å². The zero-order valence-corrected chi connectivity index (χ0v) is 16.3. The lowest BCUT2D eigenvalue weighted by atomic mass is 10.0. The van der Waals surface area contributed by atoms with Crippen LogP contribution in [0.2, 0.25) is 0 Å². The molecule has 0 aliphatic carbocycles. The fourth-order valence-electron chi connectivity index (χ4n) is 3.31. The van der Waals surface area contributed by atoms with Crippen LogP contribution in [-0.4, -0.2) is 47.7 Å². The molecule has 0 bridgehead atoms. The summed E-state index contributed by atoms with van der Waals surface area (Å²) in [5, 5.41) is 2.73. The third-order valence-corrected chi connectivity index (χ3v) is 4.54. The van der Waals surface area contributed by atoms with E-state index in [0.29, 0.717) is 18.7 Å². The first kappa shape index (κ1) is 21.2. The molecule has 2 rings (SSSR count). The molecule has 7 heteroatoms. The van der Waals surface area contributed by atoms with Crippen molar-refractivity contribution in [2.24, 2.45) is 5.73 Å². The van der Waals surface area contributed by atoms with Gasteiger partial charge in [-0.15, -0.1) is 0 Å². The molecule has 27 heavy (non-hydrogen) atoms. The number of likely N-dealkylation sites (tertiary alicyclic amines) is 1. The van der Waals surface area contributed by atoms with Crippen LogP contribution in [0.4, 0.5) is 9.18 Å². The van der Waals surface area contributed by atoms with E-state index in [4.69, 9.17) is 10.5 Å². The van der Waals surface area contributed by atoms with Crippen molar-refractivity contribution >= 4 is 12.0 Å². The van der Waals surface area contributed by atoms with E-state index in [1.807, 2.05) is 0 Å². The number of rotatable bonds is 6. The summed E-state index contributed by atoms with van der Waals surface area (Å²) in [6.45, 7) is 6.38. The van der Waals surface area contributed by atoms with Crippen LogP contribution in [0.3, 0.4) is 0 Å². The largest absolute Gasteiger partial charge is 0.444 e. The van der Waals surface area contributed by atoms with Gasteiger partial charge < -0.3 is 20.7 Å². The topological polar surface area (TPSA) is 84.7 Å². The van der Waals surface area contributed by atoms with Crippen molar-refractivity contribution in [3.8, 4) is 0 Å². The van der Waals surface area contributed by atoms with Gasteiger partial charge in [0.2, 0.25) is 5.91 Å². The predicted molar refractivity (Wildman–Crippen MR) is 102 cm³/mol. The lowest BCUT2D eigenvalue weighted by Crippen LogP contribution is -2.46. The van der Waals surface area contributed by atoms with Crippen LogP contribution in [0, 0.1) is 5.82 Å². The van der Waals surface area contributed by atoms with E-state index in [-0.39, 0.29) is 30.6 Å². The van der Waals surface area contributed by atoms with Crippen molar-refractivity contribution in [3.63, 3.8) is 0 Å². The van der Waals surface area contributed by atoms with Crippen molar-refractivity contribution in [2.75, 3.05) is 13.1 Å². The van der Waals surface area contributed by atoms with Gasteiger partial charge in [-0.1, -0.05) is 18.2 Å². The Bertz CT molecular complexity index is 660. The van der Waals surface area contributed by atoms with Gasteiger partial charge in [-0.05, 0) is 51.7 Å². The SMILES string of the molecule is CC(C)(C)OC(=O)NC(CC(=O)N1CCCC1CN)Cc1ccccc1F. The molecule has 6 nitrogen and oxygen atoms in total. The molecule has 1 aromatic rings. The van der Waals surface area contributed by atoms with E-state index in [9.17, 15) is 14.0 Å². The molecule has 1 heterocycles. The smallest absolute Gasteiger partial charge is 0.407 e. The maximum Gasteiger partial charge on any atom is 0.407 e. The monoisotopic (exact) mass is 379 g/mol. The Labute approximate surface area is 160 Å². The van der Waals surface area contributed by atoms with Crippen LogP contribution < -0.4 is 11.1 Å². The van der Waals surface area contributed by atoms with Crippen LogP contribution in [-0.2, 0) is 16.0 Å². The first-order chi connectivity index (χ1) is 12.7. The Morgan fingerprint density at radius 1 is 1.37 bits per heavy atom. The Balaban J connectivity index is 2.09. The number of nitrogens with two attached hydrogens (primary N) is 1. The Morgan fingerprint density at radius 2 is 2.07 bits per heavy atom. The summed E-state index contributed by atoms with van der Waals surface area (Å²) in [4.78, 5) is 26.7. The molecule has 2 amide bonds. The zero-order valence-electron chi connectivity index (χ0n) is 16.3.